The van der Waals surface area contributed by atoms with Crippen LogP contribution in [0.2, 0.25) is 0 Å². The third kappa shape index (κ3) is 3.27. The summed E-state index contributed by atoms with van der Waals surface area (Å²) in [6, 6.07) is 3.61. The van der Waals surface area contributed by atoms with Gasteiger partial charge in [0.1, 0.15) is 11.4 Å². The Hall–Kier alpha value is -1.53. The van der Waals surface area contributed by atoms with Crippen molar-refractivity contribution in [1.82, 2.24) is 4.98 Å². The molecule has 0 saturated carbocycles. The Kier molecular flexibility index (Phi) is 4.44. The van der Waals surface area contributed by atoms with E-state index in [4.69, 9.17) is 19.9 Å². The molecule has 6 nitrogen and oxygen atoms in total. The van der Waals surface area contributed by atoms with Crippen LogP contribution in [-0.4, -0.2) is 44.1 Å². The molecule has 0 radical (unpaired) electrons. The molecule has 0 spiro atoms. The lowest BCUT2D eigenvalue weighted by atomic mass is 10.0. The summed E-state index contributed by atoms with van der Waals surface area (Å²) in [5.74, 6) is 1.18. The van der Waals surface area contributed by atoms with Crippen molar-refractivity contribution in [2.75, 3.05) is 44.5 Å². The average molecular weight is 267 g/mol. The Morgan fingerprint density at radius 3 is 3.00 bits per heavy atom. The molecule has 0 amide bonds. The lowest BCUT2D eigenvalue weighted by molar-refractivity contribution is -0.00625. The molecule has 1 fully saturated rings. The van der Waals surface area contributed by atoms with Gasteiger partial charge in [-0.25, -0.2) is 0 Å². The number of pyridine rings is 1. The highest BCUT2D eigenvalue weighted by molar-refractivity contribution is 5.53. The molecule has 0 aliphatic carbocycles. The Labute approximate surface area is 113 Å². The van der Waals surface area contributed by atoms with E-state index >= 15 is 0 Å². The van der Waals surface area contributed by atoms with Gasteiger partial charge in [-0.05, 0) is 19.1 Å². The first-order valence-corrected chi connectivity index (χ1v) is 6.45. The van der Waals surface area contributed by atoms with Crippen LogP contribution in [0.3, 0.4) is 0 Å². The molecule has 2 rings (SSSR count). The van der Waals surface area contributed by atoms with Gasteiger partial charge in [0, 0.05) is 26.7 Å². The fourth-order valence-corrected chi connectivity index (χ4v) is 2.01. The fourth-order valence-electron chi connectivity index (χ4n) is 2.01. The van der Waals surface area contributed by atoms with Crippen molar-refractivity contribution in [3.05, 3.63) is 12.1 Å². The highest BCUT2D eigenvalue weighted by Crippen LogP contribution is 2.25. The summed E-state index contributed by atoms with van der Waals surface area (Å²) in [4.78, 5) is 4.33. The minimum absolute atomic E-state index is 0.269. The van der Waals surface area contributed by atoms with Gasteiger partial charge in [0.15, 0.2) is 0 Å². The van der Waals surface area contributed by atoms with Gasteiger partial charge in [0.2, 0.25) is 5.88 Å². The number of rotatable bonds is 6. The molecule has 1 aromatic rings. The van der Waals surface area contributed by atoms with Crippen molar-refractivity contribution in [3.63, 3.8) is 0 Å². The van der Waals surface area contributed by atoms with Crippen molar-refractivity contribution in [3.8, 4) is 5.88 Å². The van der Waals surface area contributed by atoms with Crippen LogP contribution in [0.5, 0.6) is 5.88 Å². The third-order valence-corrected chi connectivity index (χ3v) is 3.26. The maximum Gasteiger partial charge on any atom is 0.239 e. The van der Waals surface area contributed by atoms with Crippen LogP contribution in [0.25, 0.3) is 0 Å². The number of hydrogen-bond donors (Lipinski definition) is 2. The molecular weight excluding hydrogens is 246 g/mol. The number of nitrogens with zero attached hydrogens (tertiary/aromatic N) is 1. The molecule has 6 heteroatoms. The molecule has 1 aromatic heterocycles. The van der Waals surface area contributed by atoms with E-state index in [0.29, 0.717) is 31.3 Å². The average Bonchev–Trinajstić information content (AvgIpc) is 2.89. The number of hydrogen-bond acceptors (Lipinski definition) is 6. The highest BCUT2D eigenvalue weighted by atomic mass is 16.5. The second-order valence-electron chi connectivity index (χ2n) is 4.57. The molecule has 0 bridgehead atoms. The van der Waals surface area contributed by atoms with Gasteiger partial charge < -0.3 is 25.3 Å². The van der Waals surface area contributed by atoms with Crippen molar-refractivity contribution < 1.29 is 14.2 Å². The number of methoxy groups -OCH3 is 1. The Morgan fingerprint density at radius 2 is 2.37 bits per heavy atom. The minimum atomic E-state index is -0.269. The third-order valence-electron chi connectivity index (χ3n) is 3.26. The Bertz CT molecular complexity index is 420. The van der Waals surface area contributed by atoms with Crippen LogP contribution in [0.15, 0.2) is 12.1 Å². The summed E-state index contributed by atoms with van der Waals surface area (Å²) >= 11 is 0. The smallest absolute Gasteiger partial charge is 0.239 e. The van der Waals surface area contributed by atoms with Gasteiger partial charge in [-0.3, -0.25) is 0 Å². The van der Waals surface area contributed by atoms with E-state index in [1.807, 2.05) is 13.0 Å². The number of nitrogens with one attached hydrogen (secondary N) is 1. The van der Waals surface area contributed by atoms with Gasteiger partial charge in [-0.1, -0.05) is 0 Å². The largest absolute Gasteiger partial charge is 0.476 e. The van der Waals surface area contributed by atoms with Gasteiger partial charge in [0.05, 0.1) is 18.9 Å². The van der Waals surface area contributed by atoms with Crippen LogP contribution >= 0.6 is 0 Å². The molecule has 1 saturated heterocycles. The first kappa shape index (κ1) is 13.9. The van der Waals surface area contributed by atoms with Gasteiger partial charge >= 0.3 is 0 Å². The molecule has 3 N–H and O–H groups in total. The van der Waals surface area contributed by atoms with E-state index in [1.54, 1.807) is 13.2 Å². The van der Waals surface area contributed by atoms with E-state index < -0.39 is 0 Å². The molecule has 1 atom stereocenters. The molecule has 1 unspecified atom stereocenters. The predicted octanol–water partition coefficient (Wildman–Crippen LogP) is 1.28. The quantitative estimate of drug-likeness (QED) is 0.808. The number of ether oxygens (including phenoxy) is 3. The summed E-state index contributed by atoms with van der Waals surface area (Å²) in [6.07, 6.45) is 0.879. The second-order valence-corrected chi connectivity index (χ2v) is 4.57. The van der Waals surface area contributed by atoms with Gasteiger partial charge in [-0.15, -0.1) is 0 Å². The molecular formula is C13H21N3O3. The van der Waals surface area contributed by atoms with Crippen LogP contribution in [0.4, 0.5) is 11.5 Å². The highest BCUT2D eigenvalue weighted by Gasteiger charge is 2.34. The summed E-state index contributed by atoms with van der Waals surface area (Å²) < 4.78 is 16.3. The normalized spacial score (nSPS) is 22.4. The lowest BCUT2D eigenvalue weighted by Gasteiger charge is -2.26. The number of nitrogen functional groups attached to an aromatic ring is 1. The van der Waals surface area contributed by atoms with Crippen molar-refractivity contribution >= 4 is 11.5 Å². The van der Waals surface area contributed by atoms with Gasteiger partial charge in [0.25, 0.3) is 0 Å². The zero-order valence-corrected chi connectivity index (χ0v) is 11.4. The summed E-state index contributed by atoms with van der Waals surface area (Å²) in [5.41, 5.74) is 6.06. The van der Waals surface area contributed by atoms with E-state index in [1.165, 1.54) is 0 Å². The second kappa shape index (κ2) is 6.08. The molecule has 1 aliphatic rings. The molecule has 19 heavy (non-hydrogen) atoms. The van der Waals surface area contributed by atoms with E-state index in [-0.39, 0.29) is 5.60 Å². The predicted molar refractivity (Wildman–Crippen MR) is 73.5 cm³/mol. The van der Waals surface area contributed by atoms with Crippen LogP contribution < -0.4 is 15.8 Å². The maximum atomic E-state index is 5.79. The fraction of sp³-hybridized carbons (Fsp3) is 0.615. The number of aromatic nitrogens is 1. The molecule has 1 aliphatic heterocycles. The lowest BCUT2D eigenvalue weighted by Crippen LogP contribution is -2.39. The Morgan fingerprint density at radius 1 is 1.53 bits per heavy atom. The molecule has 106 valence electrons. The zero-order valence-electron chi connectivity index (χ0n) is 11.4. The van der Waals surface area contributed by atoms with Crippen molar-refractivity contribution in [1.29, 1.82) is 0 Å². The minimum Gasteiger partial charge on any atom is -0.476 e. The van der Waals surface area contributed by atoms with E-state index in [2.05, 4.69) is 10.3 Å². The maximum absolute atomic E-state index is 5.79. The summed E-state index contributed by atoms with van der Waals surface area (Å²) in [6.45, 7) is 4.41. The van der Waals surface area contributed by atoms with Crippen LogP contribution in [-0.2, 0) is 9.47 Å². The summed E-state index contributed by atoms with van der Waals surface area (Å²) in [7, 11) is 1.71. The van der Waals surface area contributed by atoms with Gasteiger partial charge in [-0.2, -0.15) is 4.98 Å². The van der Waals surface area contributed by atoms with Crippen molar-refractivity contribution in [2.45, 2.75) is 18.9 Å². The Balaban J connectivity index is 2.01. The van der Waals surface area contributed by atoms with E-state index in [0.717, 1.165) is 18.8 Å². The SMILES string of the molecule is CCOc1nc(NCC2(OC)CCOC2)ccc1N. The van der Waals surface area contributed by atoms with Crippen molar-refractivity contribution in [2.24, 2.45) is 0 Å². The standard InChI is InChI=1S/C13H21N3O3/c1-3-19-12-10(14)4-5-11(16-12)15-8-13(17-2)6-7-18-9-13/h4-5H,3,6-9,14H2,1-2H3,(H,15,16). The number of anilines is 2. The first-order chi connectivity index (χ1) is 9.19. The molecule has 0 aromatic carbocycles. The molecule has 2 heterocycles. The zero-order chi connectivity index (χ0) is 13.7. The van der Waals surface area contributed by atoms with E-state index in [9.17, 15) is 0 Å². The van der Waals surface area contributed by atoms with Crippen LogP contribution in [0.1, 0.15) is 13.3 Å². The first-order valence-electron chi connectivity index (χ1n) is 6.45. The monoisotopic (exact) mass is 267 g/mol. The topological polar surface area (TPSA) is 78.6 Å². The number of nitrogens with two attached hydrogens (primary N) is 1. The summed E-state index contributed by atoms with van der Waals surface area (Å²) in [5, 5.41) is 3.25. The van der Waals surface area contributed by atoms with Crippen LogP contribution in [0, 0.1) is 0 Å².